The number of benzene rings is 3. The SMILES string of the molecule is Cc1c(N=Nc2ccc(N=Nc3ccc(S(=O)(=O)O)cc3)cc2)c(=O)n2c([nH]c3ccccc32)c1C(N)=O. The van der Waals surface area contributed by atoms with Crippen molar-refractivity contribution in [2.75, 3.05) is 0 Å². The van der Waals surface area contributed by atoms with Crippen LogP contribution in [0.1, 0.15) is 15.9 Å². The molecule has 2 aromatic heterocycles. The van der Waals surface area contributed by atoms with Gasteiger partial charge >= 0.3 is 0 Å². The van der Waals surface area contributed by atoms with Gasteiger partial charge in [0.2, 0.25) is 0 Å². The van der Waals surface area contributed by atoms with Gasteiger partial charge in [0.1, 0.15) is 5.65 Å². The third-order valence-corrected chi connectivity index (χ3v) is 6.64. The molecule has 0 spiro atoms. The first kappa shape index (κ1) is 24.7. The van der Waals surface area contributed by atoms with Crippen molar-refractivity contribution < 1.29 is 17.8 Å². The number of aromatic amines is 1. The number of hydrogen-bond donors (Lipinski definition) is 3. The van der Waals surface area contributed by atoms with Gasteiger partial charge in [-0.1, -0.05) is 12.1 Å². The van der Waals surface area contributed by atoms with E-state index in [9.17, 15) is 18.0 Å². The minimum Gasteiger partial charge on any atom is -0.365 e. The number of fused-ring (bicyclic) bond motifs is 3. The standard InChI is InChI=1S/C25H19N7O5S/c1-14-21(23(26)33)24-27-19-4-2-3-5-20(19)32(24)25(34)22(14)31-30-16-8-6-15(7-9-16)28-29-17-10-12-18(13-11-17)38(35,36)37/h2-13,27H,1H3,(H2,26,33)(H,35,36,37). The fraction of sp³-hybridized carbons (Fsp3) is 0.0400. The van der Waals surface area contributed by atoms with E-state index in [0.717, 1.165) is 0 Å². The van der Waals surface area contributed by atoms with E-state index in [-0.39, 0.29) is 16.1 Å². The number of nitrogens with one attached hydrogen (secondary N) is 1. The molecule has 5 aromatic rings. The molecule has 0 fully saturated rings. The van der Waals surface area contributed by atoms with Crippen LogP contribution in [0.4, 0.5) is 22.7 Å². The fourth-order valence-corrected chi connectivity index (χ4v) is 4.42. The highest BCUT2D eigenvalue weighted by atomic mass is 32.2. The predicted molar refractivity (Wildman–Crippen MR) is 140 cm³/mol. The number of H-pyrrole nitrogens is 1. The van der Waals surface area contributed by atoms with Crippen molar-refractivity contribution in [3.63, 3.8) is 0 Å². The summed E-state index contributed by atoms with van der Waals surface area (Å²) in [5.41, 5.74) is 8.46. The van der Waals surface area contributed by atoms with Crippen LogP contribution < -0.4 is 11.3 Å². The van der Waals surface area contributed by atoms with Crippen LogP contribution in [-0.4, -0.2) is 28.3 Å². The van der Waals surface area contributed by atoms with Gasteiger partial charge in [0.05, 0.1) is 38.6 Å². The Balaban J connectivity index is 1.45. The van der Waals surface area contributed by atoms with Gasteiger partial charge in [0.15, 0.2) is 5.69 Å². The molecular formula is C25H19N7O5S. The summed E-state index contributed by atoms with van der Waals surface area (Å²) in [6.07, 6.45) is 0. The molecule has 0 aliphatic heterocycles. The average Bonchev–Trinajstić information content (AvgIpc) is 3.27. The lowest BCUT2D eigenvalue weighted by molar-refractivity contribution is 0.100. The van der Waals surface area contributed by atoms with Crippen LogP contribution in [0.5, 0.6) is 0 Å². The summed E-state index contributed by atoms with van der Waals surface area (Å²) in [5.74, 6) is -0.703. The predicted octanol–water partition coefficient (Wildman–Crippen LogP) is 5.27. The Morgan fingerprint density at radius 2 is 1.39 bits per heavy atom. The Bertz CT molecular complexity index is 1940. The van der Waals surface area contributed by atoms with Crippen LogP contribution in [0.15, 0.2) is 103 Å². The van der Waals surface area contributed by atoms with Gasteiger partial charge in [-0.05, 0) is 73.2 Å². The molecule has 0 saturated heterocycles. The normalized spacial score (nSPS) is 12.3. The van der Waals surface area contributed by atoms with Gasteiger partial charge in [0, 0.05) is 0 Å². The molecule has 3 aromatic carbocycles. The van der Waals surface area contributed by atoms with Crippen LogP contribution in [-0.2, 0) is 10.1 Å². The minimum absolute atomic E-state index is 0.0156. The number of amides is 1. The van der Waals surface area contributed by atoms with Crippen LogP contribution in [0, 0.1) is 6.92 Å². The molecule has 0 bridgehead atoms. The maximum absolute atomic E-state index is 13.3. The number of rotatable bonds is 6. The molecule has 0 atom stereocenters. The number of hydrogen-bond acceptors (Lipinski definition) is 8. The number of carbonyl (C=O) groups is 1. The summed E-state index contributed by atoms with van der Waals surface area (Å²) >= 11 is 0. The number of aromatic nitrogens is 2. The molecule has 0 saturated carbocycles. The zero-order chi connectivity index (χ0) is 27.0. The van der Waals surface area contributed by atoms with Crippen molar-refractivity contribution in [1.82, 2.24) is 9.38 Å². The zero-order valence-corrected chi connectivity index (χ0v) is 20.5. The summed E-state index contributed by atoms with van der Waals surface area (Å²) < 4.78 is 32.7. The number of nitrogens with zero attached hydrogens (tertiary/aromatic N) is 5. The fourth-order valence-electron chi connectivity index (χ4n) is 3.94. The van der Waals surface area contributed by atoms with Crippen molar-refractivity contribution in [3.05, 3.63) is 94.3 Å². The second kappa shape index (κ2) is 9.46. The van der Waals surface area contributed by atoms with E-state index in [4.69, 9.17) is 10.3 Å². The molecule has 4 N–H and O–H groups in total. The molecule has 2 heterocycles. The smallest absolute Gasteiger partial charge is 0.294 e. The monoisotopic (exact) mass is 529 g/mol. The molecular weight excluding hydrogens is 510 g/mol. The van der Waals surface area contributed by atoms with E-state index in [0.29, 0.717) is 39.3 Å². The quantitative estimate of drug-likeness (QED) is 0.200. The Morgan fingerprint density at radius 1 is 0.868 bits per heavy atom. The molecule has 13 heteroatoms. The van der Waals surface area contributed by atoms with E-state index in [1.807, 2.05) is 6.07 Å². The number of azo groups is 2. The van der Waals surface area contributed by atoms with E-state index < -0.39 is 21.6 Å². The van der Waals surface area contributed by atoms with Crippen molar-refractivity contribution in [2.24, 2.45) is 26.2 Å². The van der Waals surface area contributed by atoms with Crippen LogP contribution in [0.25, 0.3) is 16.7 Å². The topological polar surface area (TPSA) is 184 Å². The van der Waals surface area contributed by atoms with E-state index in [2.05, 4.69) is 25.4 Å². The molecule has 0 unspecified atom stereocenters. The average molecular weight is 530 g/mol. The molecule has 0 aliphatic carbocycles. The highest BCUT2D eigenvalue weighted by Gasteiger charge is 2.21. The minimum atomic E-state index is -4.28. The summed E-state index contributed by atoms with van der Waals surface area (Å²) in [6.45, 7) is 1.59. The van der Waals surface area contributed by atoms with Gasteiger partial charge in [-0.25, -0.2) is 0 Å². The largest absolute Gasteiger partial charge is 0.365 e. The first-order valence-corrected chi connectivity index (χ1v) is 12.5. The molecule has 190 valence electrons. The number of imidazole rings is 1. The highest BCUT2D eigenvalue weighted by Crippen LogP contribution is 2.28. The third kappa shape index (κ3) is 4.58. The van der Waals surface area contributed by atoms with E-state index in [1.54, 1.807) is 49.4 Å². The van der Waals surface area contributed by atoms with Crippen LogP contribution in [0.3, 0.4) is 0 Å². The number of pyridine rings is 1. The van der Waals surface area contributed by atoms with Crippen LogP contribution >= 0.6 is 0 Å². The summed E-state index contributed by atoms with van der Waals surface area (Å²) in [5, 5.41) is 16.4. The summed E-state index contributed by atoms with van der Waals surface area (Å²) in [6, 6.07) is 18.9. The van der Waals surface area contributed by atoms with Gasteiger partial charge in [-0.2, -0.15) is 23.8 Å². The number of primary amides is 1. The van der Waals surface area contributed by atoms with Gasteiger partial charge < -0.3 is 10.7 Å². The lowest BCUT2D eigenvalue weighted by Gasteiger charge is -2.07. The lowest BCUT2D eigenvalue weighted by Crippen LogP contribution is -2.21. The van der Waals surface area contributed by atoms with E-state index in [1.165, 1.54) is 28.7 Å². The summed E-state index contributed by atoms with van der Waals surface area (Å²) in [7, 11) is -4.28. The Labute approximate surface area is 214 Å². The molecule has 0 aliphatic rings. The summed E-state index contributed by atoms with van der Waals surface area (Å²) in [4.78, 5) is 28.4. The Kier molecular flexibility index (Phi) is 6.14. The number of para-hydroxylation sites is 2. The Hall–Kier alpha value is -5.01. The maximum atomic E-state index is 13.3. The molecule has 0 radical (unpaired) electrons. The number of carbonyl (C=O) groups excluding carboxylic acids is 1. The maximum Gasteiger partial charge on any atom is 0.294 e. The van der Waals surface area contributed by atoms with E-state index >= 15 is 0 Å². The van der Waals surface area contributed by atoms with Crippen molar-refractivity contribution in [1.29, 1.82) is 0 Å². The van der Waals surface area contributed by atoms with Crippen molar-refractivity contribution in [3.8, 4) is 0 Å². The Morgan fingerprint density at radius 3 is 1.95 bits per heavy atom. The van der Waals surface area contributed by atoms with Gasteiger partial charge in [-0.3, -0.25) is 18.5 Å². The number of nitrogens with two attached hydrogens (primary N) is 1. The lowest BCUT2D eigenvalue weighted by atomic mass is 10.1. The molecule has 1 amide bonds. The van der Waals surface area contributed by atoms with Crippen molar-refractivity contribution in [2.45, 2.75) is 11.8 Å². The van der Waals surface area contributed by atoms with Crippen molar-refractivity contribution >= 4 is 55.5 Å². The zero-order valence-electron chi connectivity index (χ0n) is 19.7. The molecule has 38 heavy (non-hydrogen) atoms. The second-order valence-electron chi connectivity index (χ2n) is 8.23. The van der Waals surface area contributed by atoms with Crippen LogP contribution in [0.2, 0.25) is 0 Å². The molecule has 12 nitrogen and oxygen atoms in total. The highest BCUT2D eigenvalue weighted by molar-refractivity contribution is 7.85. The molecule has 5 rings (SSSR count). The second-order valence-corrected chi connectivity index (χ2v) is 9.65. The first-order chi connectivity index (χ1) is 18.1. The third-order valence-electron chi connectivity index (χ3n) is 5.77. The van der Waals surface area contributed by atoms with Gasteiger partial charge in [-0.15, -0.1) is 5.11 Å². The van der Waals surface area contributed by atoms with Gasteiger partial charge in [0.25, 0.3) is 21.6 Å². The first-order valence-electron chi connectivity index (χ1n) is 11.1.